The minimum atomic E-state index is 0.432. The molecule has 1 heteroatoms. The van der Waals surface area contributed by atoms with Crippen molar-refractivity contribution in [3.8, 4) is 0 Å². The number of carbonyl (C=O) groups is 1. The number of hydrogen-bond acceptors (Lipinski definition) is 1. The van der Waals surface area contributed by atoms with E-state index in [0.717, 1.165) is 24.2 Å². The molecule has 15 heavy (non-hydrogen) atoms. The molecule has 0 aliphatic heterocycles. The van der Waals surface area contributed by atoms with Gasteiger partial charge in [-0.3, -0.25) is 4.79 Å². The van der Waals surface area contributed by atoms with Crippen LogP contribution in [-0.2, 0) is 4.79 Å². The van der Waals surface area contributed by atoms with E-state index in [9.17, 15) is 4.79 Å². The molecule has 0 aromatic heterocycles. The highest BCUT2D eigenvalue weighted by Crippen LogP contribution is 2.57. The molecule has 1 nitrogen and oxygen atoms in total. The molecule has 2 bridgehead atoms. The number of rotatable bonds is 3. The summed E-state index contributed by atoms with van der Waals surface area (Å²) in [4.78, 5) is 12.0. The minimum Gasteiger partial charge on any atom is -0.299 e. The molecule has 0 saturated heterocycles. The number of fused-ring (bicyclic) bond motifs is 5. The molecule has 0 spiro atoms. The van der Waals surface area contributed by atoms with Gasteiger partial charge in [-0.25, -0.2) is 0 Å². The van der Waals surface area contributed by atoms with E-state index in [4.69, 9.17) is 0 Å². The Morgan fingerprint density at radius 1 is 1.33 bits per heavy atom. The van der Waals surface area contributed by atoms with E-state index >= 15 is 0 Å². The highest BCUT2D eigenvalue weighted by Gasteiger charge is 2.54. The van der Waals surface area contributed by atoms with Gasteiger partial charge >= 0.3 is 0 Å². The molecule has 2 fully saturated rings. The summed E-state index contributed by atoms with van der Waals surface area (Å²) in [6.45, 7) is 2.24. The van der Waals surface area contributed by atoms with Gasteiger partial charge in [-0.05, 0) is 36.5 Å². The summed E-state index contributed by atoms with van der Waals surface area (Å²) in [7, 11) is 0. The van der Waals surface area contributed by atoms with E-state index in [1.165, 1.54) is 25.7 Å². The molecule has 0 heterocycles. The first-order valence-electron chi connectivity index (χ1n) is 6.52. The van der Waals surface area contributed by atoms with Crippen molar-refractivity contribution in [2.24, 2.45) is 29.6 Å². The SMILES string of the molecule is CCCC[C@H]1CC(=O)[C@H]2[C@@H]1[C@@H]1C=C[C@H]2C1. The van der Waals surface area contributed by atoms with E-state index < -0.39 is 0 Å². The Bertz CT molecular complexity index is 304. The van der Waals surface area contributed by atoms with Gasteiger partial charge in [-0.1, -0.05) is 31.9 Å². The van der Waals surface area contributed by atoms with Crippen LogP contribution in [0.25, 0.3) is 0 Å². The molecule has 0 N–H and O–H groups in total. The lowest BCUT2D eigenvalue weighted by Gasteiger charge is -2.24. The van der Waals surface area contributed by atoms with Crippen LogP contribution >= 0.6 is 0 Å². The summed E-state index contributed by atoms with van der Waals surface area (Å²) >= 11 is 0. The first-order valence-corrected chi connectivity index (χ1v) is 6.52. The zero-order valence-electron chi connectivity index (χ0n) is 9.49. The molecule has 82 valence electrons. The third-order valence-electron chi connectivity index (χ3n) is 4.83. The van der Waals surface area contributed by atoms with Crippen LogP contribution in [0.3, 0.4) is 0 Å². The molecule has 0 aromatic carbocycles. The topological polar surface area (TPSA) is 17.1 Å². The first kappa shape index (κ1) is 9.62. The van der Waals surface area contributed by atoms with Gasteiger partial charge in [-0.15, -0.1) is 0 Å². The van der Waals surface area contributed by atoms with Gasteiger partial charge in [-0.2, -0.15) is 0 Å². The fourth-order valence-electron chi connectivity index (χ4n) is 4.25. The third-order valence-corrected chi connectivity index (χ3v) is 4.83. The normalized spacial score (nSPS) is 46.5. The summed E-state index contributed by atoms with van der Waals surface area (Å²) in [6, 6.07) is 0. The lowest BCUT2D eigenvalue weighted by atomic mass is 9.79. The summed E-state index contributed by atoms with van der Waals surface area (Å²) in [5, 5.41) is 0. The van der Waals surface area contributed by atoms with Crippen molar-refractivity contribution in [1.82, 2.24) is 0 Å². The van der Waals surface area contributed by atoms with E-state index in [0.29, 0.717) is 17.6 Å². The Morgan fingerprint density at radius 2 is 2.13 bits per heavy atom. The van der Waals surface area contributed by atoms with Crippen LogP contribution in [0, 0.1) is 29.6 Å². The van der Waals surface area contributed by atoms with Crippen molar-refractivity contribution in [1.29, 1.82) is 0 Å². The summed E-state index contributed by atoms with van der Waals surface area (Å²) in [6.07, 6.45) is 10.7. The summed E-state index contributed by atoms with van der Waals surface area (Å²) in [5.74, 6) is 3.86. The van der Waals surface area contributed by atoms with Gasteiger partial charge < -0.3 is 0 Å². The molecule has 3 rings (SSSR count). The number of allylic oxidation sites excluding steroid dienone is 2. The maximum Gasteiger partial charge on any atom is 0.137 e. The smallest absolute Gasteiger partial charge is 0.137 e. The first-order chi connectivity index (χ1) is 7.31. The summed E-state index contributed by atoms with van der Waals surface area (Å²) < 4.78 is 0. The largest absolute Gasteiger partial charge is 0.299 e. The second-order valence-electron chi connectivity index (χ2n) is 5.62. The third kappa shape index (κ3) is 1.32. The van der Waals surface area contributed by atoms with Gasteiger partial charge in [0, 0.05) is 12.3 Å². The van der Waals surface area contributed by atoms with Crippen LogP contribution in [-0.4, -0.2) is 5.78 Å². The number of unbranched alkanes of at least 4 members (excludes halogenated alkanes) is 1. The average Bonchev–Trinajstić information content (AvgIpc) is 2.88. The molecular formula is C14H20O. The molecule has 3 aliphatic carbocycles. The molecule has 5 atom stereocenters. The number of carbonyl (C=O) groups excluding carboxylic acids is 1. The predicted octanol–water partition coefficient (Wildman–Crippen LogP) is 3.20. The van der Waals surface area contributed by atoms with Crippen LogP contribution < -0.4 is 0 Å². The van der Waals surface area contributed by atoms with Crippen molar-refractivity contribution in [3.05, 3.63) is 12.2 Å². The maximum absolute atomic E-state index is 12.0. The van der Waals surface area contributed by atoms with Crippen LogP contribution in [0.4, 0.5) is 0 Å². The lowest BCUT2D eigenvalue weighted by molar-refractivity contribution is -0.121. The quantitative estimate of drug-likeness (QED) is 0.645. The second-order valence-corrected chi connectivity index (χ2v) is 5.62. The lowest BCUT2D eigenvalue weighted by Crippen LogP contribution is -2.21. The Morgan fingerprint density at radius 3 is 2.93 bits per heavy atom. The van der Waals surface area contributed by atoms with Crippen molar-refractivity contribution in [2.75, 3.05) is 0 Å². The molecule has 0 amide bonds. The van der Waals surface area contributed by atoms with E-state index in [1.807, 2.05) is 0 Å². The Hall–Kier alpha value is -0.590. The van der Waals surface area contributed by atoms with Crippen LogP contribution in [0.2, 0.25) is 0 Å². The highest BCUT2D eigenvalue weighted by molar-refractivity contribution is 5.85. The van der Waals surface area contributed by atoms with Gasteiger partial charge in [0.25, 0.3) is 0 Å². The molecule has 3 aliphatic rings. The molecular weight excluding hydrogens is 184 g/mol. The van der Waals surface area contributed by atoms with E-state index in [-0.39, 0.29) is 0 Å². The second kappa shape index (κ2) is 3.47. The molecule has 0 unspecified atom stereocenters. The van der Waals surface area contributed by atoms with E-state index in [2.05, 4.69) is 19.1 Å². The van der Waals surface area contributed by atoms with E-state index in [1.54, 1.807) is 0 Å². The fraction of sp³-hybridized carbons (Fsp3) is 0.786. The Balaban J connectivity index is 1.78. The van der Waals surface area contributed by atoms with Gasteiger partial charge in [0.05, 0.1) is 0 Å². The van der Waals surface area contributed by atoms with Crippen LogP contribution in [0.15, 0.2) is 12.2 Å². The zero-order chi connectivity index (χ0) is 10.4. The monoisotopic (exact) mass is 204 g/mol. The van der Waals surface area contributed by atoms with Crippen molar-refractivity contribution >= 4 is 5.78 Å². The average molecular weight is 204 g/mol. The number of hydrogen-bond donors (Lipinski definition) is 0. The Kier molecular flexibility index (Phi) is 2.22. The highest BCUT2D eigenvalue weighted by atomic mass is 16.1. The number of Topliss-reactive ketones (excluding diaryl/α,β-unsaturated/α-hetero) is 1. The van der Waals surface area contributed by atoms with Gasteiger partial charge in [0.15, 0.2) is 0 Å². The minimum absolute atomic E-state index is 0.432. The zero-order valence-corrected chi connectivity index (χ0v) is 9.49. The van der Waals surface area contributed by atoms with Crippen molar-refractivity contribution in [2.45, 2.75) is 39.0 Å². The maximum atomic E-state index is 12.0. The molecule has 0 aromatic rings. The van der Waals surface area contributed by atoms with Crippen LogP contribution in [0.1, 0.15) is 39.0 Å². The fourth-order valence-corrected chi connectivity index (χ4v) is 4.25. The van der Waals surface area contributed by atoms with Crippen molar-refractivity contribution in [3.63, 3.8) is 0 Å². The standard InChI is InChI=1S/C14H20O/c1-2-3-4-9-8-12(15)14-11-6-5-10(7-11)13(9)14/h5-6,9-11,13-14H,2-4,7-8H2,1H3/t9-,10+,11-,13-,14-/m0/s1. The Labute approximate surface area is 91.9 Å². The van der Waals surface area contributed by atoms with Crippen molar-refractivity contribution < 1.29 is 4.79 Å². The molecule has 2 saturated carbocycles. The molecule has 0 radical (unpaired) electrons. The summed E-state index contributed by atoms with van der Waals surface area (Å²) in [5.41, 5.74) is 0. The van der Waals surface area contributed by atoms with Gasteiger partial charge in [0.1, 0.15) is 5.78 Å². The predicted molar refractivity (Wildman–Crippen MR) is 60.4 cm³/mol. The van der Waals surface area contributed by atoms with Crippen LogP contribution in [0.5, 0.6) is 0 Å². The van der Waals surface area contributed by atoms with Gasteiger partial charge in [0.2, 0.25) is 0 Å². The number of ketones is 1.